The van der Waals surface area contributed by atoms with E-state index < -0.39 is 0 Å². The third-order valence-electron chi connectivity index (χ3n) is 5.30. The number of fused-ring (bicyclic) bond motifs is 1. The fourth-order valence-electron chi connectivity index (χ4n) is 3.71. The van der Waals surface area contributed by atoms with Crippen LogP contribution in [0.2, 0.25) is 0 Å². The summed E-state index contributed by atoms with van der Waals surface area (Å²) in [6.07, 6.45) is 3.64. The number of nitrogens with zero attached hydrogens (tertiary/aromatic N) is 5. The van der Waals surface area contributed by atoms with E-state index in [0.717, 1.165) is 39.5 Å². The predicted molar refractivity (Wildman–Crippen MR) is 133 cm³/mol. The van der Waals surface area contributed by atoms with Gasteiger partial charge in [0.1, 0.15) is 28.7 Å². The summed E-state index contributed by atoms with van der Waals surface area (Å²) in [7, 11) is 3.54. The van der Waals surface area contributed by atoms with E-state index in [4.69, 9.17) is 9.72 Å². The molecule has 8 heteroatoms. The van der Waals surface area contributed by atoms with Crippen LogP contribution in [0.1, 0.15) is 19.5 Å². The zero-order valence-corrected chi connectivity index (χ0v) is 19.9. The maximum Gasteiger partial charge on any atom is 0.240 e. The van der Waals surface area contributed by atoms with Gasteiger partial charge in [-0.15, -0.1) is 0 Å². The van der Waals surface area contributed by atoms with Gasteiger partial charge in [-0.1, -0.05) is 19.9 Å². The molecule has 5 aromatic rings. The number of halogens is 1. The van der Waals surface area contributed by atoms with Gasteiger partial charge in [0.05, 0.1) is 30.3 Å². The molecular formula is C26H27FN6O. The number of rotatable bonds is 5. The molecule has 0 fully saturated rings. The summed E-state index contributed by atoms with van der Waals surface area (Å²) in [5.41, 5.74) is 5.11. The zero-order valence-electron chi connectivity index (χ0n) is 19.9. The molecule has 0 spiro atoms. The minimum atomic E-state index is -0.274. The van der Waals surface area contributed by atoms with Crippen LogP contribution in [0.5, 0.6) is 5.88 Å². The third-order valence-corrected chi connectivity index (χ3v) is 5.30. The lowest BCUT2D eigenvalue weighted by molar-refractivity contribution is 0.396. The van der Waals surface area contributed by atoms with Gasteiger partial charge in [-0.25, -0.2) is 14.4 Å². The molecule has 0 atom stereocenters. The fraction of sp³-hybridized carbons (Fsp3) is 0.192. The van der Waals surface area contributed by atoms with Crippen LogP contribution in [-0.2, 0) is 7.05 Å². The van der Waals surface area contributed by atoms with E-state index >= 15 is 0 Å². The van der Waals surface area contributed by atoms with Gasteiger partial charge in [0.25, 0.3) is 0 Å². The molecule has 174 valence electrons. The molecule has 0 saturated heterocycles. The smallest absolute Gasteiger partial charge is 0.240 e. The van der Waals surface area contributed by atoms with Crippen LogP contribution in [0.15, 0.2) is 67.1 Å². The van der Waals surface area contributed by atoms with E-state index in [2.05, 4.69) is 15.3 Å². The summed E-state index contributed by atoms with van der Waals surface area (Å²) >= 11 is 0. The van der Waals surface area contributed by atoms with Crippen LogP contribution in [0, 0.1) is 12.7 Å². The molecule has 0 unspecified atom stereocenters. The molecule has 0 saturated carbocycles. The van der Waals surface area contributed by atoms with Gasteiger partial charge >= 0.3 is 0 Å². The summed E-state index contributed by atoms with van der Waals surface area (Å²) < 4.78 is 22.7. The van der Waals surface area contributed by atoms with Gasteiger partial charge in [0.2, 0.25) is 5.88 Å². The molecular weight excluding hydrogens is 431 g/mol. The number of benzene rings is 2. The number of aromatic nitrogens is 5. The third kappa shape index (κ3) is 4.34. The number of aryl methyl sites for hydroxylation is 2. The van der Waals surface area contributed by atoms with Gasteiger partial charge in [0.15, 0.2) is 0 Å². The number of ether oxygens (including phenoxy) is 1. The molecule has 3 heterocycles. The number of nitrogens with one attached hydrogen (secondary N) is 1. The predicted octanol–water partition coefficient (Wildman–Crippen LogP) is 6.05. The Labute approximate surface area is 197 Å². The molecule has 3 aromatic heterocycles. The van der Waals surface area contributed by atoms with E-state index in [-0.39, 0.29) is 5.82 Å². The molecule has 0 radical (unpaired) electrons. The minimum absolute atomic E-state index is 0.274. The fourth-order valence-corrected chi connectivity index (χ4v) is 3.71. The second-order valence-corrected chi connectivity index (χ2v) is 7.45. The van der Waals surface area contributed by atoms with Crippen molar-refractivity contribution in [1.82, 2.24) is 24.1 Å². The maximum atomic E-state index is 13.4. The van der Waals surface area contributed by atoms with Crippen LogP contribution >= 0.6 is 0 Å². The largest absolute Gasteiger partial charge is 0.479 e. The summed E-state index contributed by atoms with van der Waals surface area (Å²) in [6, 6.07) is 16.1. The molecule has 0 bridgehead atoms. The van der Waals surface area contributed by atoms with Gasteiger partial charge in [-0.05, 0) is 55.5 Å². The summed E-state index contributed by atoms with van der Waals surface area (Å²) in [4.78, 5) is 13.7. The van der Waals surface area contributed by atoms with Crippen molar-refractivity contribution in [3.8, 4) is 23.0 Å². The molecule has 5 rings (SSSR count). The lowest BCUT2D eigenvalue weighted by Gasteiger charge is -2.11. The standard InChI is InChI=1S/C24H21FN6O.C2H6/c1-15-13-31(14-26-15)20-11-12-21(28-24(20)32-3)27-18-5-4-6-19-22(18)29-23(30(19)2)16-7-9-17(25)10-8-16;1-2/h4-14H,1-3H3,(H,27,28);1-2H3. The minimum Gasteiger partial charge on any atom is -0.479 e. The quantitative estimate of drug-likeness (QED) is 0.347. The topological polar surface area (TPSA) is 69.8 Å². The molecule has 0 aliphatic rings. The van der Waals surface area contributed by atoms with Gasteiger partial charge in [-0.2, -0.15) is 4.98 Å². The highest BCUT2D eigenvalue weighted by Gasteiger charge is 2.15. The van der Waals surface area contributed by atoms with Crippen molar-refractivity contribution in [2.24, 2.45) is 7.05 Å². The van der Waals surface area contributed by atoms with E-state index in [0.29, 0.717) is 11.7 Å². The second kappa shape index (κ2) is 9.74. The Morgan fingerprint density at radius 3 is 2.41 bits per heavy atom. The van der Waals surface area contributed by atoms with Crippen molar-refractivity contribution < 1.29 is 9.13 Å². The number of pyridine rings is 1. The highest BCUT2D eigenvalue weighted by atomic mass is 19.1. The van der Waals surface area contributed by atoms with Crippen LogP contribution in [0.25, 0.3) is 28.1 Å². The normalized spacial score (nSPS) is 10.6. The van der Waals surface area contributed by atoms with Crippen molar-refractivity contribution in [2.75, 3.05) is 12.4 Å². The van der Waals surface area contributed by atoms with E-state index in [1.807, 2.05) is 73.5 Å². The summed E-state index contributed by atoms with van der Waals surface area (Å²) in [6.45, 7) is 5.93. The molecule has 2 aromatic carbocycles. The summed E-state index contributed by atoms with van der Waals surface area (Å²) in [5.74, 6) is 1.59. The Morgan fingerprint density at radius 2 is 1.74 bits per heavy atom. The Hall–Kier alpha value is -4.20. The average molecular weight is 459 g/mol. The average Bonchev–Trinajstić information content (AvgIpc) is 3.45. The van der Waals surface area contributed by atoms with E-state index in [1.54, 1.807) is 25.6 Å². The number of methoxy groups -OCH3 is 1. The van der Waals surface area contributed by atoms with E-state index in [9.17, 15) is 4.39 Å². The maximum absolute atomic E-state index is 13.4. The molecule has 1 N–H and O–H groups in total. The number of hydrogen-bond acceptors (Lipinski definition) is 5. The number of imidazole rings is 2. The van der Waals surface area contributed by atoms with Crippen LogP contribution in [0.3, 0.4) is 0 Å². The molecule has 0 amide bonds. The monoisotopic (exact) mass is 458 g/mol. The van der Waals surface area contributed by atoms with Crippen molar-refractivity contribution in [3.05, 3.63) is 78.6 Å². The molecule has 7 nitrogen and oxygen atoms in total. The van der Waals surface area contributed by atoms with Crippen LogP contribution in [0.4, 0.5) is 15.9 Å². The molecule has 34 heavy (non-hydrogen) atoms. The Balaban J connectivity index is 0.00000133. The SMILES string of the molecule is CC.COc1nc(Nc2cccc3c2nc(-c2ccc(F)cc2)n3C)ccc1-n1cnc(C)c1. The van der Waals surface area contributed by atoms with Gasteiger partial charge < -0.3 is 19.2 Å². The van der Waals surface area contributed by atoms with Crippen LogP contribution in [-0.4, -0.2) is 31.2 Å². The Morgan fingerprint density at radius 1 is 0.971 bits per heavy atom. The Kier molecular flexibility index (Phi) is 6.58. The first-order chi connectivity index (χ1) is 16.5. The molecule has 0 aliphatic heterocycles. The van der Waals surface area contributed by atoms with E-state index in [1.165, 1.54) is 12.1 Å². The lowest BCUT2D eigenvalue weighted by Crippen LogP contribution is -2.01. The van der Waals surface area contributed by atoms with Crippen LogP contribution < -0.4 is 10.1 Å². The first kappa shape index (κ1) is 23.0. The van der Waals surface area contributed by atoms with Gasteiger partial charge in [-0.3, -0.25) is 0 Å². The highest BCUT2D eigenvalue weighted by molar-refractivity contribution is 5.92. The number of hydrogen-bond donors (Lipinski definition) is 1. The lowest BCUT2D eigenvalue weighted by atomic mass is 10.2. The Bertz CT molecular complexity index is 1420. The van der Waals surface area contributed by atoms with Gasteiger partial charge in [0, 0.05) is 18.8 Å². The second-order valence-electron chi connectivity index (χ2n) is 7.45. The highest BCUT2D eigenvalue weighted by Crippen LogP contribution is 2.31. The number of para-hydroxylation sites is 1. The first-order valence-electron chi connectivity index (χ1n) is 11.1. The summed E-state index contributed by atoms with van der Waals surface area (Å²) in [5, 5.41) is 3.35. The van der Waals surface area contributed by atoms with Crippen molar-refractivity contribution in [1.29, 1.82) is 0 Å². The van der Waals surface area contributed by atoms with Crippen molar-refractivity contribution in [3.63, 3.8) is 0 Å². The zero-order chi connectivity index (χ0) is 24.2. The van der Waals surface area contributed by atoms with Crippen molar-refractivity contribution >= 4 is 22.5 Å². The first-order valence-corrected chi connectivity index (χ1v) is 11.1. The van der Waals surface area contributed by atoms with Crippen molar-refractivity contribution in [2.45, 2.75) is 20.8 Å². The number of anilines is 2. The molecule has 0 aliphatic carbocycles.